The molecular weight excluding hydrogens is 238 g/mol. The van der Waals surface area contributed by atoms with E-state index in [1.807, 2.05) is 0 Å². The van der Waals surface area contributed by atoms with Gasteiger partial charge in [0.1, 0.15) is 0 Å². The van der Waals surface area contributed by atoms with E-state index >= 15 is 0 Å². The maximum atomic E-state index is 5.51. The Hall–Kier alpha value is -2.16. The number of allylic oxidation sites excluding steroid dienone is 2. The maximum Gasteiger partial charge on any atom is 0.231 e. The molecule has 0 saturated carbocycles. The molecule has 3 aliphatic heterocycles. The quantitative estimate of drug-likeness (QED) is 0.683. The molecule has 1 fully saturated rings. The number of hydrogen-bond acceptors (Lipinski definition) is 3. The van der Waals surface area contributed by atoms with Crippen LogP contribution in [-0.2, 0) is 0 Å². The van der Waals surface area contributed by atoms with Gasteiger partial charge < -0.3 is 14.4 Å². The average Bonchev–Trinajstić information content (AvgIpc) is 3.05. The van der Waals surface area contributed by atoms with E-state index in [2.05, 4.69) is 41.5 Å². The molecule has 0 N–H and O–H groups in total. The smallest absolute Gasteiger partial charge is 0.231 e. The second kappa shape index (κ2) is 3.23. The van der Waals surface area contributed by atoms with Crippen molar-refractivity contribution < 1.29 is 9.47 Å². The summed E-state index contributed by atoms with van der Waals surface area (Å²) in [6.07, 6.45) is 10.1. The highest BCUT2D eigenvalue weighted by Crippen LogP contribution is 2.35. The largest absolute Gasteiger partial charge is 0.454 e. The van der Waals surface area contributed by atoms with Crippen LogP contribution in [0, 0.1) is 0 Å². The van der Waals surface area contributed by atoms with Gasteiger partial charge in [0.15, 0.2) is 11.5 Å². The molecule has 1 saturated heterocycles. The molecule has 4 aliphatic rings. The molecule has 94 valence electrons. The number of benzene rings is 1. The van der Waals surface area contributed by atoms with Crippen molar-refractivity contribution in [2.75, 3.05) is 13.3 Å². The Morgan fingerprint density at radius 2 is 2.05 bits per heavy atom. The van der Waals surface area contributed by atoms with E-state index in [9.17, 15) is 0 Å². The molecule has 3 heteroatoms. The minimum absolute atomic E-state index is 0.335. The SMILES string of the molecule is C1=CC2=c3cc4c(cc3=CN3CCC(=C1)C23)OCO4. The minimum atomic E-state index is 0.335. The van der Waals surface area contributed by atoms with Gasteiger partial charge in [0.05, 0.1) is 6.04 Å². The van der Waals surface area contributed by atoms with Crippen LogP contribution in [-0.4, -0.2) is 24.3 Å². The summed E-state index contributed by atoms with van der Waals surface area (Å²) in [4.78, 5) is 2.44. The molecule has 0 spiro atoms. The Kier molecular flexibility index (Phi) is 1.66. The second-order valence-corrected chi connectivity index (χ2v) is 5.37. The van der Waals surface area contributed by atoms with Crippen LogP contribution in [0.25, 0.3) is 11.8 Å². The third-order valence-electron chi connectivity index (χ3n) is 4.38. The predicted molar refractivity (Wildman–Crippen MR) is 72.0 cm³/mol. The molecule has 1 aromatic rings. The molecule has 19 heavy (non-hydrogen) atoms. The molecule has 0 amide bonds. The van der Waals surface area contributed by atoms with Crippen LogP contribution < -0.4 is 19.9 Å². The summed E-state index contributed by atoms with van der Waals surface area (Å²) in [5, 5.41) is 2.53. The van der Waals surface area contributed by atoms with Crippen LogP contribution in [0.5, 0.6) is 11.5 Å². The van der Waals surface area contributed by atoms with E-state index < -0.39 is 0 Å². The first-order chi connectivity index (χ1) is 9.40. The van der Waals surface area contributed by atoms with E-state index in [1.54, 1.807) is 0 Å². The predicted octanol–water partition coefficient (Wildman–Crippen LogP) is 0.888. The van der Waals surface area contributed by atoms with Gasteiger partial charge in [-0.25, -0.2) is 0 Å². The molecule has 0 aromatic heterocycles. The van der Waals surface area contributed by atoms with Gasteiger partial charge in [-0.2, -0.15) is 0 Å². The summed E-state index contributed by atoms with van der Waals surface area (Å²) in [6.45, 7) is 1.44. The number of rotatable bonds is 0. The van der Waals surface area contributed by atoms with Crippen molar-refractivity contribution in [1.29, 1.82) is 0 Å². The summed E-state index contributed by atoms with van der Waals surface area (Å²) >= 11 is 0. The van der Waals surface area contributed by atoms with Gasteiger partial charge in [-0.15, -0.1) is 0 Å². The lowest BCUT2D eigenvalue weighted by Crippen LogP contribution is -2.42. The van der Waals surface area contributed by atoms with Gasteiger partial charge in [-0.1, -0.05) is 18.2 Å². The fourth-order valence-electron chi connectivity index (χ4n) is 3.53. The lowest BCUT2D eigenvalue weighted by molar-refractivity contribution is 0.174. The van der Waals surface area contributed by atoms with Crippen molar-refractivity contribution in [3.05, 3.63) is 46.4 Å². The monoisotopic (exact) mass is 251 g/mol. The maximum absolute atomic E-state index is 5.51. The van der Waals surface area contributed by atoms with Gasteiger partial charge in [0, 0.05) is 18.0 Å². The van der Waals surface area contributed by atoms with E-state index in [0.717, 1.165) is 24.5 Å². The third-order valence-corrected chi connectivity index (χ3v) is 4.38. The average molecular weight is 251 g/mol. The highest BCUT2D eigenvalue weighted by molar-refractivity contribution is 5.73. The van der Waals surface area contributed by atoms with Crippen LogP contribution in [0.4, 0.5) is 0 Å². The first-order valence-corrected chi connectivity index (χ1v) is 6.69. The summed E-state index contributed by atoms with van der Waals surface area (Å²) in [7, 11) is 0. The topological polar surface area (TPSA) is 21.7 Å². The zero-order valence-corrected chi connectivity index (χ0v) is 10.4. The van der Waals surface area contributed by atoms with E-state index in [-0.39, 0.29) is 0 Å². The first kappa shape index (κ1) is 9.73. The zero-order valence-electron chi connectivity index (χ0n) is 10.4. The third kappa shape index (κ3) is 1.17. The van der Waals surface area contributed by atoms with E-state index in [0.29, 0.717) is 12.8 Å². The van der Waals surface area contributed by atoms with Crippen molar-refractivity contribution in [2.45, 2.75) is 12.5 Å². The summed E-state index contributed by atoms with van der Waals surface area (Å²) < 4.78 is 11.0. The Morgan fingerprint density at radius 1 is 1.16 bits per heavy atom. The molecular formula is C16H13NO2. The lowest BCUT2D eigenvalue weighted by Gasteiger charge is -2.29. The van der Waals surface area contributed by atoms with Gasteiger partial charge in [0.25, 0.3) is 0 Å². The van der Waals surface area contributed by atoms with Crippen LogP contribution in [0.15, 0.2) is 35.9 Å². The van der Waals surface area contributed by atoms with Crippen molar-refractivity contribution in [3.63, 3.8) is 0 Å². The highest BCUT2D eigenvalue weighted by atomic mass is 16.7. The van der Waals surface area contributed by atoms with Crippen molar-refractivity contribution in [3.8, 4) is 11.5 Å². The molecule has 1 aromatic carbocycles. The molecule has 5 rings (SSSR count). The molecule has 1 aliphatic carbocycles. The summed E-state index contributed by atoms with van der Waals surface area (Å²) in [6, 6.07) is 4.68. The fraction of sp³-hybridized carbons (Fsp3) is 0.250. The molecule has 0 bridgehead atoms. The zero-order chi connectivity index (χ0) is 12.4. The minimum Gasteiger partial charge on any atom is -0.454 e. The Bertz CT molecular complexity index is 773. The van der Waals surface area contributed by atoms with Gasteiger partial charge in [-0.3, -0.25) is 0 Å². The first-order valence-electron chi connectivity index (χ1n) is 6.69. The van der Waals surface area contributed by atoms with Gasteiger partial charge >= 0.3 is 0 Å². The second-order valence-electron chi connectivity index (χ2n) is 5.37. The van der Waals surface area contributed by atoms with Crippen LogP contribution in [0.3, 0.4) is 0 Å². The lowest BCUT2D eigenvalue weighted by atomic mass is 9.90. The van der Waals surface area contributed by atoms with Crippen LogP contribution >= 0.6 is 0 Å². The number of hydrogen-bond donors (Lipinski definition) is 0. The Balaban J connectivity index is 1.89. The molecule has 1 unspecified atom stereocenters. The van der Waals surface area contributed by atoms with Crippen LogP contribution in [0.2, 0.25) is 0 Å². The van der Waals surface area contributed by atoms with Gasteiger partial charge in [-0.05, 0) is 34.9 Å². The van der Waals surface area contributed by atoms with Crippen molar-refractivity contribution in [2.24, 2.45) is 0 Å². The van der Waals surface area contributed by atoms with E-state index in [1.165, 1.54) is 21.6 Å². The number of fused-ring (bicyclic) bond motifs is 2. The van der Waals surface area contributed by atoms with Crippen LogP contribution in [0.1, 0.15) is 6.42 Å². The standard InChI is InChI=1S/C16H13NO2/c1-2-10-4-5-17-8-11-6-14-15(19-9-18-14)7-13(11)12(3-1)16(10)17/h1-3,6-8,16H,4-5,9H2. The molecule has 3 nitrogen and oxygen atoms in total. The summed E-state index contributed by atoms with van der Waals surface area (Å²) in [5.41, 5.74) is 2.92. The normalized spacial score (nSPS) is 24.8. The fourth-order valence-corrected chi connectivity index (χ4v) is 3.53. The Morgan fingerprint density at radius 3 is 3.00 bits per heavy atom. The highest BCUT2D eigenvalue weighted by Gasteiger charge is 2.33. The van der Waals surface area contributed by atoms with Crippen molar-refractivity contribution in [1.82, 2.24) is 4.90 Å². The van der Waals surface area contributed by atoms with Crippen molar-refractivity contribution >= 4 is 11.8 Å². The van der Waals surface area contributed by atoms with Gasteiger partial charge in [0.2, 0.25) is 6.79 Å². The Labute approximate surface area is 110 Å². The molecule has 3 heterocycles. The number of nitrogens with zero attached hydrogens (tertiary/aromatic N) is 1. The molecule has 1 atom stereocenters. The van der Waals surface area contributed by atoms with E-state index in [4.69, 9.17) is 9.47 Å². The molecule has 0 radical (unpaired) electrons. The number of ether oxygens (including phenoxy) is 2. The summed E-state index contributed by atoms with van der Waals surface area (Å²) in [5.74, 6) is 1.74.